The molecule has 0 aliphatic heterocycles. The third kappa shape index (κ3) is 3.42. The Morgan fingerprint density at radius 1 is 1.12 bits per heavy atom. The fourth-order valence-electron chi connectivity index (χ4n) is 2.43. The summed E-state index contributed by atoms with van der Waals surface area (Å²) in [6, 6.07) is 10.1. The van der Waals surface area contributed by atoms with Crippen molar-refractivity contribution in [3.8, 4) is 5.95 Å². The molecular weight excluding hydrogens is 348 g/mol. The molecule has 24 heavy (non-hydrogen) atoms. The number of rotatable bonds is 4. The minimum Gasteiger partial charge on any atom is -0.278 e. The first-order valence-electron chi connectivity index (χ1n) is 7.12. The lowest BCUT2D eigenvalue weighted by atomic mass is 10.1. The van der Waals surface area contributed by atoms with Gasteiger partial charge in [-0.25, -0.2) is 9.97 Å². The van der Waals surface area contributed by atoms with Crippen molar-refractivity contribution in [2.24, 2.45) is 0 Å². The largest absolute Gasteiger partial charge is 0.278 e. The van der Waals surface area contributed by atoms with Gasteiger partial charge in [0.25, 0.3) is 10.0 Å². The minimum atomic E-state index is -3.81. The number of hydrogen-bond acceptors (Lipinski definition) is 4. The summed E-state index contributed by atoms with van der Waals surface area (Å²) in [7, 11) is -3.81. The number of hydrogen-bond donors (Lipinski definition) is 1. The molecule has 0 saturated carbocycles. The highest BCUT2D eigenvalue weighted by Crippen LogP contribution is 2.21. The molecule has 0 bridgehead atoms. The van der Waals surface area contributed by atoms with Crippen molar-refractivity contribution in [1.82, 2.24) is 14.5 Å². The minimum absolute atomic E-state index is 0.0314. The van der Waals surface area contributed by atoms with Crippen molar-refractivity contribution in [3.05, 3.63) is 65.1 Å². The SMILES string of the molecule is Cc1cc(C)cc(NS(=O)(=O)c2cccn2-c2nccc(Cl)n2)c1. The number of nitrogens with zero attached hydrogens (tertiary/aromatic N) is 3. The zero-order valence-electron chi connectivity index (χ0n) is 13.1. The van der Waals surface area contributed by atoms with Gasteiger partial charge in [0.05, 0.1) is 0 Å². The molecule has 0 radical (unpaired) electrons. The topological polar surface area (TPSA) is 76.9 Å². The highest BCUT2D eigenvalue weighted by Gasteiger charge is 2.20. The molecule has 2 aromatic heterocycles. The molecule has 0 aliphatic rings. The maximum Gasteiger partial charge on any atom is 0.278 e. The Labute approximate surface area is 145 Å². The average Bonchev–Trinajstić information content (AvgIpc) is 2.95. The Morgan fingerprint density at radius 3 is 2.50 bits per heavy atom. The van der Waals surface area contributed by atoms with Crippen LogP contribution in [0.3, 0.4) is 0 Å². The van der Waals surface area contributed by atoms with Gasteiger partial charge in [-0.3, -0.25) is 9.29 Å². The van der Waals surface area contributed by atoms with Gasteiger partial charge in [-0.05, 0) is 55.3 Å². The van der Waals surface area contributed by atoms with Crippen molar-refractivity contribution in [2.45, 2.75) is 18.9 Å². The monoisotopic (exact) mass is 362 g/mol. The van der Waals surface area contributed by atoms with Gasteiger partial charge in [0.15, 0.2) is 5.03 Å². The first-order valence-corrected chi connectivity index (χ1v) is 8.99. The highest BCUT2D eigenvalue weighted by molar-refractivity contribution is 7.92. The van der Waals surface area contributed by atoms with Crippen LogP contribution in [0, 0.1) is 13.8 Å². The van der Waals surface area contributed by atoms with E-state index in [0.717, 1.165) is 11.1 Å². The second kappa shape index (κ2) is 6.26. The smallest absolute Gasteiger partial charge is 0.278 e. The molecule has 8 heteroatoms. The van der Waals surface area contributed by atoms with Crippen LogP contribution in [0.2, 0.25) is 5.15 Å². The molecule has 0 aliphatic carbocycles. The number of aromatic nitrogens is 3. The standard InChI is InChI=1S/C16H15ClN4O2S/c1-11-8-12(2)10-13(9-11)20-24(22,23)15-4-3-7-21(15)16-18-6-5-14(17)19-16/h3-10,20H,1-2H3. The lowest BCUT2D eigenvalue weighted by Crippen LogP contribution is -2.17. The number of aryl methyl sites for hydroxylation is 2. The van der Waals surface area contributed by atoms with Crippen LogP contribution in [0.4, 0.5) is 5.69 Å². The van der Waals surface area contributed by atoms with E-state index >= 15 is 0 Å². The molecule has 0 fully saturated rings. The van der Waals surface area contributed by atoms with E-state index in [2.05, 4.69) is 14.7 Å². The van der Waals surface area contributed by atoms with E-state index in [0.29, 0.717) is 5.69 Å². The molecule has 3 rings (SSSR count). The Bertz CT molecular complexity index is 979. The van der Waals surface area contributed by atoms with Crippen molar-refractivity contribution in [2.75, 3.05) is 4.72 Å². The molecule has 124 valence electrons. The maximum atomic E-state index is 12.7. The molecule has 2 heterocycles. The van der Waals surface area contributed by atoms with Crippen molar-refractivity contribution in [1.29, 1.82) is 0 Å². The average molecular weight is 363 g/mol. The Kier molecular flexibility index (Phi) is 4.29. The van der Waals surface area contributed by atoms with Gasteiger partial charge in [0.2, 0.25) is 5.95 Å². The van der Waals surface area contributed by atoms with Crippen LogP contribution in [0.5, 0.6) is 0 Å². The second-order valence-corrected chi connectivity index (χ2v) is 7.39. The third-order valence-electron chi connectivity index (χ3n) is 3.28. The van der Waals surface area contributed by atoms with Gasteiger partial charge >= 0.3 is 0 Å². The van der Waals surface area contributed by atoms with Gasteiger partial charge in [-0.2, -0.15) is 8.42 Å². The van der Waals surface area contributed by atoms with E-state index in [1.165, 1.54) is 22.9 Å². The van der Waals surface area contributed by atoms with E-state index in [1.54, 1.807) is 24.4 Å². The molecule has 0 spiro atoms. The summed E-state index contributed by atoms with van der Waals surface area (Å²) in [6.45, 7) is 3.82. The number of benzene rings is 1. The third-order valence-corrected chi connectivity index (χ3v) is 4.88. The van der Waals surface area contributed by atoms with E-state index in [1.807, 2.05) is 19.9 Å². The predicted molar refractivity (Wildman–Crippen MR) is 93.1 cm³/mol. The molecule has 1 N–H and O–H groups in total. The molecular formula is C16H15ClN4O2S. The second-order valence-electron chi connectivity index (χ2n) is 5.38. The summed E-state index contributed by atoms with van der Waals surface area (Å²) < 4.78 is 29.4. The molecule has 0 unspecified atom stereocenters. The fraction of sp³-hybridized carbons (Fsp3) is 0.125. The molecule has 0 atom stereocenters. The Hall–Kier alpha value is -2.38. The summed E-state index contributed by atoms with van der Waals surface area (Å²) in [5, 5.41) is 0.267. The van der Waals surface area contributed by atoms with Crippen LogP contribution >= 0.6 is 11.6 Å². The zero-order valence-corrected chi connectivity index (χ0v) is 14.6. The van der Waals surface area contributed by atoms with E-state index in [9.17, 15) is 8.42 Å². The van der Waals surface area contributed by atoms with Gasteiger partial charge in [-0.15, -0.1) is 0 Å². The lowest BCUT2D eigenvalue weighted by Gasteiger charge is -2.12. The van der Waals surface area contributed by atoms with Gasteiger partial charge < -0.3 is 0 Å². The van der Waals surface area contributed by atoms with Crippen LogP contribution in [0.15, 0.2) is 53.8 Å². The molecule has 0 amide bonds. The normalized spacial score (nSPS) is 11.5. The van der Waals surface area contributed by atoms with E-state index in [-0.39, 0.29) is 16.1 Å². The van der Waals surface area contributed by atoms with Crippen molar-refractivity contribution in [3.63, 3.8) is 0 Å². The van der Waals surface area contributed by atoms with Gasteiger partial charge in [0, 0.05) is 18.1 Å². The fourth-order valence-corrected chi connectivity index (χ4v) is 3.76. The molecule has 1 aromatic carbocycles. The van der Waals surface area contributed by atoms with Crippen LogP contribution < -0.4 is 4.72 Å². The maximum absolute atomic E-state index is 12.7. The van der Waals surface area contributed by atoms with Gasteiger partial charge in [-0.1, -0.05) is 17.7 Å². The summed E-state index contributed by atoms with van der Waals surface area (Å²) >= 11 is 5.86. The van der Waals surface area contributed by atoms with Crippen LogP contribution in [0.1, 0.15) is 11.1 Å². The van der Waals surface area contributed by atoms with E-state index in [4.69, 9.17) is 11.6 Å². The molecule has 3 aromatic rings. The summed E-state index contributed by atoms with van der Waals surface area (Å²) in [5.41, 5.74) is 2.45. The highest BCUT2D eigenvalue weighted by atomic mass is 35.5. The summed E-state index contributed by atoms with van der Waals surface area (Å²) in [4.78, 5) is 8.12. The zero-order chi connectivity index (χ0) is 17.3. The Balaban J connectivity index is 2.01. The predicted octanol–water partition coefficient (Wildman–Crippen LogP) is 3.34. The van der Waals surface area contributed by atoms with Gasteiger partial charge in [0.1, 0.15) is 5.15 Å². The number of anilines is 1. The van der Waals surface area contributed by atoms with Crippen LogP contribution in [-0.2, 0) is 10.0 Å². The summed E-state index contributed by atoms with van der Waals surface area (Å²) in [6.07, 6.45) is 3.04. The lowest BCUT2D eigenvalue weighted by molar-refractivity contribution is 0.593. The van der Waals surface area contributed by atoms with Crippen LogP contribution in [0.25, 0.3) is 5.95 Å². The van der Waals surface area contributed by atoms with E-state index < -0.39 is 10.0 Å². The quantitative estimate of drug-likeness (QED) is 0.722. The van der Waals surface area contributed by atoms with Crippen molar-refractivity contribution < 1.29 is 8.42 Å². The summed E-state index contributed by atoms with van der Waals surface area (Å²) in [5.74, 6) is 0.188. The van der Waals surface area contributed by atoms with Crippen LogP contribution in [-0.4, -0.2) is 23.0 Å². The number of nitrogens with one attached hydrogen (secondary N) is 1. The van der Waals surface area contributed by atoms with Crippen molar-refractivity contribution >= 4 is 27.3 Å². The first-order chi connectivity index (χ1) is 11.3. The number of halogens is 1. The first kappa shape index (κ1) is 16.5. The Morgan fingerprint density at radius 2 is 1.83 bits per heavy atom. The molecule has 6 nitrogen and oxygen atoms in total. The molecule has 0 saturated heterocycles. The number of sulfonamides is 1.